The van der Waals surface area contributed by atoms with E-state index in [1.807, 2.05) is 5.32 Å². The van der Waals surface area contributed by atoms with Crippen LogP contribution in [0.15, 0.2) is 29.4 Å². The quantitative estimate of drug-likeness (QED) is 0.514. The summed E-state index contributed by atoms with van der Waals surface area (Å²) in [6, 6.07) is 4.81. The molecule has 0 aliphatic carbocycles. The summed E-state index contributed by atoms with van der Waals surface area (Å²) in [5, 5.41) is 5.06. The van der Waals surface area contributed by atoms with E-state index >= 15 is 0 Å². The largest absolute Gasteiger partial charge is 0.437 e. The van der Waals surface area contributed by atoms with Crippen LogP contribution in [-0.2, 0) is 4.84 Å². The molecule has 0 saturated heterocycles. The predicted octanol–water partition coefficient (Wildman–Crippen LogP) is 2.96. The molecular formula is C10H8ClF3N2O2. The van der Waals surface area contributed by atoms with Crippen LogP contribution in [0.5, 0.6) is 0 Å². The summed E-state index contributed by atoms with van der Waals surface area (Å²) >= 11 is 5.56. The maximum absolute atomic E-state index is 12.7. The molecule has 0 bridgehead atoms. The van der Waals surface area contributed by atoms with Gasteiger partial charge in [-0.25, -0.2) is 4.79 Å². The molecule has 1 amide bonds. The van der Waals surface area contributed by atoms with Crippen LogP contribution in [0.3, 0.4) is 0 Å². The van der Waals surface area contributed by atoms with Gasteiger partial charge in [-0.15, -0.1) is 0 Å². The monoisotopic (exact) mass is 280 g/mol. The first-order valence-electron chi connectivity index (χ1n) is 4.64. The first-order valence-corrected chi connectivity index (χ1v) is 5.02. The van der Waals surface area contributed by atoms with Crippen LogP contribution in [0.1, 0.15) is 5.56 Å². The van der Waals surface area contributed by atoms with Crippen molar-refractivity contribution in [2.45, 2.75) is 6.18 Å². The van der Waals surface area contributed by atoms with Crippen molar-refractivity contribution in [2.24, 2.45) is 5.16 Å². The molecule has 98 valence electrons. The number of carbonyl (C=O) groups excluding carboxylic acids is 1. The number of nitrogens with zero attached hydrogens (tertiary/aromatic N) is 1. The molecule has 1 rings (SSSR count). The van der Waals surface area contributed by atoms with Gasteiger partial charge in [0.25, 0.3) is 0 Å². The maximum Gasteiger partial charge on any atom is 0.437 e. The molecule has 0 unspecified atom stereocenters. The van der Waals surface area contributed by atoms with Gasteiger partial charge in [-0.1, -0.05) is 28.9 Å². The van der Waals surface area contributed by atoms with E-state index < -0.39 is 18.0 Å². The van der Waals surface area contributed by atoms with Crippen molar-refractivity contribution in [3.8, 4) is 0 Å². The van der Waals surface area contributed by atoms with Crippen LogP contribution in [0.4, 0.5) is 18.0 Å². The first-order chi connectivity index (χ1) is 8.34. The highest BCUT2D eigenvalue weighted by atomic mass is 35.5. The van der Waals surface area contributed by atoms with Crippen LogP contribution in [-0.4, -0.2) is 25.0 Å². The van der Waals surface area contributed by atoms with Crippen LogP contribution in [0, 0.1) is 0 Å². The van der Waals surface area contributed by atoms with Gasteiger partial charge in [-0.2, -0.15) is 13.2 Å². The van der Waals surface area contributed by atoms with Gasteiger partial charge in [0.15, 0.2) is 5.71 Å². The van der Waals surface area contributed by atoms with Crippen molar-refractivity contribution in [1.82, 2.24) is 5.32 Å². The standard InChI is InChI=1S/C10H8ClF3N2O2/c1-15-9(17)18-16-8(10(12,13)14)6-2-4-7(11)5-3-6/h2-5H,1H3,(H,15,17)/b16-8-. The molecule has 0 saturated carbocycles. The number of rotatable bonds is 2. The molecule has 0 heterocycles. The van der Waals surface area contributed by atoms with Crippen molar-refractivity contribution in [1.29, 1.82) is 0 Å². The van der Waals surface area contributed by atoms with Gasteiger partial charge in [0.1, 0.15) is 0 Å². The van der Waals surface area contributed by atoms with E-state index in [2.05, 4.69) is 9.99 Å². The Morgan fingerprint density at radius 3 is 2.33 bits per heavy atom. The highest BCUT2D eigenvalue weighted by molar-refractivity contribution is 6.30. The first kappa shape index (κ1) is 14.3. The minimum Gasteiger partial charge on any atom is -0.323 e. The number of carbonyl (C=O) groups is 1. The summed E-state index contributed by atoms with van der Waals surface area (Å²) in [4.78, 5) is 14.7. The Balaban J connectivity index is 3.06. The Kier molecular flexibility index (Phi) is 4.55. The Bertz CT molecular complexity index is 457. The minimum atomic E-state index is -4.75. The van der Waals surface area contributed by atoms with Crippen LogP contribution in [0.2, 0.25) is 5.02 Å². The Labute approximate surface area is 105 Å². The second-order valence-electron chi connectivity index (χ2n) is 3.07. The summed E-state index contributed by atoms with van der Waals surface area (Å²) in [5.41, 5.74) is -1.57. The molecule has 1 aromatic carbocycles. The zero-order chi connectivity index (χ0) is 13.8. The van der Waals surface area contributed by atoms with Gasteiger partial charge in [0.2, 0.25) is 0 Å². The zero-order valence-corrected chi connectivity index (χ0v) is 9.84. The summed E-state index contributed by atoms with van der Waals surface area (Å²) in [6.07, 6.45) is -5.84. The Hall–Kier alpha value is -1.76. The van der Waals surface area contributed by atoms with E-state index in [0.29, 0.717) is 0 Å². The average Bonchev–Trinajstić information content (AvgIpc) is 2.29. The molecule has 0 aliphatic heterocycles. The molecule has 0 fully saturated rings. The highest BCUT2D eigenvalue weighted by Gasteiger charge is 2.38. The Morgan fingerprint density at radius 2 is 1.89 bits per heavy atom. The SMILES string of the molecule is CNC(=O)O/N=C(/c1ccc(Cl)cc1)C(F)(F)F. The summed E-state index contributed by atoms with van der Waals surface area (Å²) in [5.74, 6) is 0. The van der Waals surface area contributed by atoms with Crippen molar-refractivity contribution < 1.29 is 22.8 Å². The number of halogens is 4. The molecular weight excluding hydrogens is 273 g/mol. The lowest BCUT2D eigenvalue weighted by Gasteiger charge is -2.09. The van der Waals surface area contributed by atoms with E-state index in [4.69, 9.17) is 11.6 Å². The van der Waals surface area contributed by atoms with E-state index in [9.17, 15) is 18.0 Å². The van der Waals surface area contributed by atoms with Crippen molar-refractivity contribution >= 4 is 23.4 Å². The number of oxime groups is 1. The second kappa shape index (κ2) is 5.72. The summed E-state index contributed by atoms with van der Waals surface area (Å²) in [7, 11) is 1.20. The average molecular weight is 281 g/mol. The smallest absolute Gasteiger partial charge is 0.323 e. The third-order valence-electron chi connectivity index (χ3n) is 1.81. The molecule has 0 aromatic heterocycles. The summed E-state index contributed by atoms with van der Waals surface area (Å²) < 4.78 is 38.1. The van der Waals surface area contributed by atoms with E-state index in [1.165, 1.54) is 19.2 Å². The van der Waals surface area contributed by atoms with Crippen molar-refractivity contribution in [3.05, 3.63) is 34.9 Å². The molecule has 1 aromatic rings. The molecule has 0 radical (unpaired) electrons. The van der Waals surface area contributed by atoms with Gasteiger partial charge in [0, 0.05) is 17.6 Å². The fraction of sp³-hybridized carbons (Fsp3) is 0.200. The highest BCUT2D eigenvalue weighted by Crippen LogP contribution is 2.23. The molecule has 0 spiro atoms. The van der Waals surface area contributed by atoms with Crippen molar-refractivity contribution in [2.75, 3.05) is 7.05 Å². The fourth-order valence-electron chi connectivity index (χ4n) is 1.01. The van der Waals surface area contributed by atoms with Gasteiger partial charge in [-0.3, -0.25) is 4.84 Å². The van der Waals surface area contributed by atoms with Crippen LogP contribution in [0.25, 0.3) is 0 Å². The number of alkyl halides is 3. The topological polar surface area (TPSA) is 50.7 Å². The van der Waals surface area contributed by atoms with Gasteiger partial charge >= 0.3 is 12.3 Å². The normalized spacial score (nSPS) is 12.2. The summed E-state index contributed by atoms with van der Waals surface area (Å²) in [6.45, 7) is 0. The number of hydrogen-bond acceptors (Lipinski definition) is 3. The van der Waals surface area contributed by atoms with Crippen LogP contribution >= 0.6 is 11.6 Å². The van der Waals surface area contributed by atoms with Crippen LogP contribution < -0.4 is 5.32 Å². The molecule has 1 N–H and O–H groups in total. The fourth-order valence-corrected chi connectivity index (χ4v) is 1.13. The van der Waals surface area contributed by atoms with Gasteiger partial charge in [-0.05, 0) is 12.1 Å². The maximum atomic E-state index is 12.7. The van der Waals surface area contributed by atoms with Crippen molar-refractivity contribution in [3.63, 3.8) is 0 Å². The lowest BCUT2D eigenvalue weighted by molar-refractivity contribution is -0.0602. The lowest BCUT2D eigenvalue weighted by atomic mass is 10.1. The molecule has 18 heavy (non-hydrogen) atoms. The Morgan fingerprint density at radius 1 is 1.33 bits per heavy atom. The predicted molar refractivity (Wildman–Crippen MR) is 59.6 cm³/mol. The van der Waals surface area contributed by atoms with E-state index in [1.54, 1.807) is 0 Å². The second-order valence-corrected chi connectivity index (χ2v) is 3.51. The third kappa shape index (κ3) is 3.92. The third-order valence-corrected chi connectivity index (χ3v) is 2.06. The van der Waals surface area contributed by atoms with Gasteiger partial charge < -0.3 is 5.32 Å². The molecule has 8 heteroatoms. The lowest BCUT2D eigenvalue weighted by Crippen LogP contribution is -2.26. The van der Waals surface area contributed by atoms with E-state index in [0.717, 1.165) is 12.1 Å². The van der Waals surface area contributed by atoms with E-state index in [-0.39, 0.29) is 10.6 Å². The minimum absolute atomic E-state index is 0.254. The number of hydrogen-bond donors (Lipinski definition) is 1. The number of benzene rings is 1. The molecule has 0 atom stereocenters. The molecule has 4 nitrogen and oxygen atoms in total. The number of amides is 1. The zero-order valence-electron chi connectivity index (χ0n) is 9.08. The number of nitrogens with one attached hydrogen (secondary N) is 1. The van der Waals surface area contributed by atoms with Gasteiger partial charge in [0.05, 0.1) is 0 Å². The molecule has 0 aliphatic rings.